The van der Waals surface area contributed by atoms with Gasteiger partial charge in [0, 0.05) is 0 Å². The number of hydrogen-bond acceptors (Lipinski definition) is 6. The van der Waals surface area contributed by atoms with Crippen molar-refractivity contribution in [3.05, 3.63) is 29.3 Å². The van der Waals surface area contributed by atoms with Crippen LogP contribution in [0, 0.1) is 0 Å². The van der Waals surface area contributed by atoms with Gasteiger partial charge in [-0.2, -0.15) is 0 Å². The maximum Gasteiger partial charge on any atom is 0.413 e. The highest BCUT2D eigenvalue weighted by Crippen LogP contribution is 2.35. The van der Waals surface area contributed by atoms with Crippen molar-refractivity contribution in [2.75, 3.05) is 13.7 Å². The third-order valence-corrected chi connectivity index (χ3v) is 4.09. The van der Waals surface area contributed by atoms with Crippen LogP contribution in [-0.4, -0.2) is 37.8 Å². The van der Waals surface area contributed by atoms with Crippen LogP contribution in [0.5, 0.6) is 5.75 Å². The normalized spacial score (nSPS) is 12.7. The second kappa shape index (κ2) is 9.08. The second-order valence-electron chi connectivity index (χ2n) is 8.61. The SMILES string of the molecule is COC(=O)NC(=O)[C@H](C)OC(=O)COc1ccc(C(C)(C)C)cc1C(C)(C)C. The number of rotatable bonds is 5. The molecule has 0 aliphatic rings. The van der Waals surface area contributed by atoms with Gasteiger partial charge in [0.15, 0.2) is 12.7 Å². The van der Waals surface area contributed by atoms with E-state index in [9.17, 15) is 14.4 Å². The second-order valence-corrected chi connectivity index (χ2v) is 8.61. The van der Waals surface area contributed by atoms with Gasteiger partial charge in [-0.05, 0) is 34.9 Å². The predicted molar refractivity (Wildman–Crippen MR) is 105 cm³/mol. The molecule has 0 aromatic heterocycles. The van der Waals surface area contributed by atoms with Crippen molar-refractivity contribution in [3.63, 3.8) is 0 Å². The van der Waals surface area contributed by atoms with Gasteiger partial charge in [0.1, 0.15) is 5.75 Å². The summed E-state index contributed by atoms with van der Waals surface area (Å²) in [5.74, 6) is -0.901. The molecule has 1 aromatic carbocycles. The van der Waals surface area contributed by atoms with Gasteiger partial charge in [0.2, 0.25) is 0 Å². The molecule has 0 radical (unpaired) electrons. The van der Waals surface area contributed by atoms with Gasteiger partial charge >= 0.3 is 12.1 Å². The fraction of sp³-hybridized carbons (Fsp3) is 0.571. The topological polar surface area (TPSA) is 90.9 Å². The standard InChI is InChI=1S/C21H31NO6/c1-13(18(24)22-19(25)26-8)28-17(23)12-27-16-10-9-14(20(2,3)4)11-15(16)21(5,6)7/h9-11,13H,12H2,1-8H3,(H,22,24,25)/t13-/m0/s1. The molecule has 7 nitrogen and oxygen atoms in total. The first-order chi connectivity index (χ1) is 12.8. The summed E-state index contributed by atoms with van der Waals surface area (Å²) in [5.41, 5.74) is 1.94. The molecule has 0 saturated carbocycles. The third kappa shape index (κ3) is 6.87. The molecule has 1 rings (SSSR count). The summed E-state index contributed by atoms with van der Waals surface area (Å²) in [5, 5.41) is 1.94. The van der Waals surface area contributed by atoms with Crippen molar-refractivity contribution in [1.29, 1.82) is 0 Å². The number of carbonyl (C=O) groups excluding carboxylic acids is 3. The zero-order valence-corrected chi connectivity index (χ0v) is 18.0. The summed E-state index contributed by atoms with van der Waals surface area (Å²) >= 11 is 0. The highest BCUT2D eigenvalue weighted by Gasteiger charge is 2.24. The first-order valence-electron chi connectivity index (χ1n) is 9.11. The number of carbonyl (C=O) groups is 3. The van der Waals surface area contributed by atoms with Gasteiger partial charge < -0.3 is 14.2 Å². The molecule has 7 heteroatoms. The monoisotopic (exact) mass is 393 g/mol. The Morgan fingerprint density at radius 3 is 2.14 bits per heavy atom. The number of benzene rings is 1. The summed E-state index contributed by atoms with van der Waals surface area (Å²) in [6.07, 6.45) is -2.07. The van der Waals surface area contributed by atoms with Crippen molar-refractivity contribution >= 4 is 18.0 Å². The summed E-state index contributed by atoms with van der Waals surface area (Å²) in [4.78, 5) is 34.8. The minimum Gasteiger partial charge on any atom is -0.482 e. The first-order valence-corrected chi connectivity index (χ1v) is 9.11. The van der Waals surface area contributed by atoms with Crippen LogP contribution in [0.2, 0.25) is 0 Å². The molecule has 28 heavy (non-hydrogen) atoms. The number of ether oxygens (including phenoxy) is 3. The van der Waals surface area contributed by atoms with Crippen LogP contribution in [0.4, 0.5) is 4.79 Å². The van der Waals surface area contributed by atoms with Crippen LogP contribution in [0.3, 0.4) is 0 Å². The number of amides is 2. The van der Waals surface area contributed by atoms with E-state index in [1.807, 2.05) is 17.4 Å². The Labute approximate surface area is 166 Å². The average Bonchev–Trinajstić information content (AvgIpc) is 2.57. The largest absolute Gasteiger partial charge is 0.482 e. The van der Waals surface area contributed by atoms with Crippen LogP contribution in [0.1, 0.15) is 59.6 Å². The molecule has 156 valence electrons. The summed E-state index contributed by atoms with van der Waals surface area (Å²) in [7, 11) is 1.13. The van der Waals surface area contributed by atoms with E-state index in [0.29, 0.717) is 5.75 Å². The minimum absolute atomic E-state index is 0.0140. The van der Waals surface area contributed by atoms with Gasteiger partial charge in [-0.1, -0.05) is 53.7 Å². The number of hydrogen-bond donors (Lipinski definition) is 1. The lowest BCUT2D eigenvalue weighted by Gasteiger charge is -2.27. The van der Waals surface area contributed by atoms with Crippen LogP contribution in [-0.2, 0) is 29.9 Å². The van der Waals surface area contributed by atoms with E-state index < -0.39 is 24.1 Å². The van der Waals surface area contributed by atoms with Crippen LogP contribution < -0.4 is 10.1 Å². The predicted octanol–water partition coefficient (Wildman–Crippen LogP) is 3.47. The maximum atomic E-state index is 12.0. The molecule has 1 N–H and O–H groups in total. The number of alkyl carbamates (subject to hydrolysis) is 1. The lowest BCUT2D eigenvalue weighted by Crippen LogP contribution is -2.40. The van der Waals surface area contributed by atoms with E-state index in [1.165, 1.54) is 12.5 Å². The van der Waals surface area contributed by atoms with Crippen molar-refractivity contribution in [2.24, 2.45) is 0 Å². The molecular weight excluding hydrogens is 362 g/mol. The Morgan fingerprint density at radius 2 is 1.64 bits per heavy atom. The van der Waals surface area contributed by atoms with E-state index in [1.54, 1.807) is 0 Å². The molecular formula is C21H31NO6. The molecule has 1 atom stereocenters. The molecule has 0 bridgehead atoms. The third-order valence-electron chi connectivity index (χ3n) is 4.09. The quantitative estimate of drug-likeness (QED) is 0.770. The molecule has 0 saturated heterocycles. The Hall–Kier alpha value is -2.57. The van der Waals surface area contributed by atoms with E-state index in [2.05, 4.69) is 52.3 Å². The molecule has 0 fully saturated rings. The van der Waals surface area contributed by atoms with E-state index in [0.717, 1.165) is 12.7 Å². The fourth-order valence-corrected chi connectivity index (χ4v) is 2.38. The van der Waals surface area contributed by atoms with Crippen molar-refractivity contribution in [1.82, 2.24) is 5.32 Å². The van der Waals surface area contributed by atoms with E-state index >= 15 is 0 Å². The number of methoxy groups -OCH3 is 1. The number of imide groups is 1. The highest BCUT2D eigenvalue weighted by molar-refractivity contribution is 5.95. The zero-order valence-electron chi connectivity index (χ0n) is 18.0. The lowest BCUT2D eigenvalue weighted by molar-refractivity contribution is -0.156. The van der Waals surface area contributed by atoms with Crippen molar-refractivity contribution in [2.45, 2.75) is 65.4 Å². The van der Waals surface area contributed by atoms with E-state index in [-0.39, 0.29) is 17.4 Å². The average molecular weight is 393 g/mol. The molecule has 1 aromatic rings. The smallest absolute Gasteiger partial charge is 0.413 e. The highest BCUT2D eigenvalue weighted by atomic mass is 16.6. The fourth-order valence-electron chi connectivity index (χ4n) is 2.38. The molecule has 2 amide bonds. The Morgan fingerprint density at radius 1 is 1.04 bits per heavy atom. The van der Waals surface area contributed by atoms with Crippen LogP contribution in [0.25, 0.3) is 0 Å². The first kappa shape index (κ1) is 23.5. The van der Waals surface area contributed by atoms with Gasteiger partial charge in [-0.3, -0.25) is 10.1 Å². The summed E-state index contributed by atoms with van der Waals surface area (Å²) in [6, 6.07) is 5.91. The number of nitrogens with one attached hydrogen (secondary N) is 1. The van der Waals surface area contributed by atoms with Crippen molar-refractivity contribution < 1.29 is 28.6 Å². The van der Waals surface area contributed by atoms with Crippen LogP contribution >= 0.6 is 0 Å². The Balaban J connectivity index is 2.82. The molecule has 0 spiro atoms. The minimum atomic E-state index is -1.15. The lowest BCUT2D eigenvalue weighted by atomic mass is 9.80. The summed E-state index contributed by atoms with van der Waals surface area (Å²) < 4.78 is 15.0. The van der Waals surface area contributed by atoms with Crippen LogP contribution in [0.15, 0.2) is 18.2 Å². The van der Waals surface area contributed by atoms with E-state index in [4.69, 9.17) is 9.47 Å². The van der Waals surface area contributed by atoms with Gasteiger partial charge in [-0.15, -0.1) is 0 Å². The van der Waals surface area contributed by atoms with Gasteiger partial charge in [-0.25, -0.2) is 9.59 Å². The van der Waals surface area contributed by atoms with Crippen molar-refractivity contribution in [3.8, 4) is 5.75 Å². The number of esters is 1. The molecule has 0 aliphatic carbocycles. The van der Waals surface area contributed by atoms with Gasteiger partial charge in [0.05, 0.1) is 7.11 Å². The molecule has 0 unspecified atom stereocenters. The molecule has 0 aliphatic heterocycles. The Bertz CT molecular complexity index is 727. The zero-order chi connectivity index (χ0) is 21.7. The van der Waals surface area contributed by atoms with Gasteiger partial charge in [0.25, 0.3) is 5.91 Å². The Kier molecular flexibility index (Phi) is 7.61. The molecule has 0 heterocycles. The summed E-state index contributed by atoms with van der Waals surface area (Å²) in [6.45, 7) is 13.6. The maximum absolute atomic E-state index is 12.0.